The molecule has 2 rings (SSSR count). The number of amides is 1. The molecular formula is C16H20N2O2. The Labute approximate surface area is 119 Å². The third-order valence-electron chi connectivity index (χ3n) is 2.89. The quantitative estimate of drug-likeness (QED) is 0.877. The first-order valence-electron chi connectivity index (χ1n) is 6.73. The zero-order valence-electron chi connectivity index (χ0n) is 12.1. The molecule has 2 aromatic rings. The molecule has 0 spiro atoms. The van der Waals surface area contributed by atoms with E-state index in [0.717, 1.165) is 23.6 Å². The van der Waals surface area contributed by atoms with Gasteiger partial charge in [-0.25, -0.2) is 0 Å². The lowest BCUT2D eigenvalue weighted by Gasteiger charge is -2.10. The van der Waals surface area contributed by atoms with Gasteiger partial charge in [-0.2, -0.15) is 0 Å². The summed E-state index contributed by atoms with van der Waals surface area (Å²) in [5.41, 5.74) is 2.46. The molecule has 0 bridgehead atoms. The maximum absolute atomic E-state index is 12.0. The summed E-state index contributed by atoms with van der Waals surface area (Å²) in [5.74, 6) is 0.570. The molecule has 2 N–H and O–H groups in total. The number of carbonyl (C=O) groups is 1. The van der Waals surface area contributed by atoms with E-state index in [-0.39, 0.29) is 5.91 Å². The van der Waals surface area contributed by atoms with Gasteiger partial charge in [0.2, 0.25) is 0 Å². The fraction of sp³-hybridized carbons (Fsp3) is 0.312. The highest BCUT2D eigenvalue weighted by atomic mass is 16.3. The summed E-state index contributed by atoms with van der Waals surface area (Å²) in [4.78, 5) is 12.0. The number of aryl methyl sites for hydroxylation is 1. The van der Waals surface area contributed by atoms with Crippen LogP contribution in [0.5, 0.6) is 0 Å². The van der Waals surface area contributed by atoms with Crippen LogP contribution in [0, 0.1) is 6.92 Å². The molecule has 0 aliphatic carbocycles. The summed E-state index contributed by atoms with van der Waals surface area (Å²) in [6.07, 6.45) is 1.47. The zero-order valence-corrected chi connectivity index (χ0v) is 12.1. The van der Waals surface area contributed by atoms with Crippen LogP contribution in [0.15, 0.2) is 41.0 Å². The summed E-state index contributed by atoms with van der Waals surface area (Å²) < 4.78 is 5.14. The third-order valence-corrected chi connectivity index (χ3v) is 2.89. The zero-order chi connectivity index (χ0) is 14.5. The first-order valence-corrected chi connectivity index (χ1v) is 6.73. The average molecular weight is 272 g/mol. The van der Waals surface area contributed by atoms with E-state index in [1.165, 1.54) is 6.26 Å². The van der Waals surface area contributed by atoms with Crippen LogP contribution in [0.25, 0.3) is 0 Å². The number of rotatable bonds is 5. The van der Waals surface area contributed by atoms with Crippen molar-refractivity contribution in [3.63, 3.8) is 0 Å². The highest BCUT2D eigenvalue weighted by Crippen LogP contribution is 2.14. The summed E-state index contributed by atoms with van der Waals surface area (Å²) in [5, 5.41) is 6.22. The van der Waals surface area contributed by atoms with Crippen molar-refractivity contribution in [3.05, 3.63) is 53.5 Å². The molecule has 0 saturated carbocycles. The summed E-state index contributed by atoms with van der Waals surface area (Å²) in [6, 6.07) is 9.98. The van der Waals surface area contributed by atoms with Gasteiger partial charge in [0.15, 0.2) is 0 Å². The van der Waals surface area contributed by atoms with Crippen molar-refractivity contribution in [2.45, 2.75) is 33.4 Å². The second-order valence-corrected chi connectivity index (χ2v) is 5.14. The summed E-state index contributed by atoms with van der Waals surface area (Å²) >= 11 is 0. The van der Waals surface area contributed by atoms with Gasteiger partial charge >= 0.3 is 0 Å². The number of furan rings is 1. The number of benzene rings is 1. The second-order valence-electron chi connectivity index (χ2n) is 5.14. The molecule has 0 aliphatic heterocycles. The molecule has 0 aliphatic rings. The Morgan fingerprint density at radius 1 is 1.30 bits per heavy atom. The van der Waals surface area contributed by atoms with Crippen LogP contribution in [-0.4, -0.2) is 11.9 Å². The highest BCUT2D eigenvalue weighted by molar-refractivity contribution is 6.04. The Morgan fingerprint density at radius 2 is 2.10 bits per heavy atom. The third kappa shape index (κ3) is 3.96. The van der Waals surface area contributed by atoms with Crippen molar-refractivity contribution < 1.29 is 9.21 Å². The van der Waals surface area contributed by atoms with E-state index in [2.05, 4.69) is 24.5 Å². The highest BCUT2D eigenvalue weighted by Gasteiger charge is 2.09. The molecule has 0 saturated heterocycles. The molecule has 0 radical (unpaired) electrons. The summed E-state index contributed by atoms with van der Waals surface area (Å²) in [7, 11) is 0. The van der Waals surface area contributed by atoms with E-state index < -0.39 is 0 Å². The van der Waals surface area contributed by atoms with Crippen LogP contribution in [0.3, 0.4) is 0 Å². The molecular weight excluding hydrogens is 252 g/mol. The number of hydrogen-bond acceptors (Lipinski definition) is 3. The first kappa shape index (κ1) is 14.3. The predicted molar refractivity (Wildman–Crippen MR) is 79.8 cm³/mol. The van der Waals surface area contributed by atoms with Crippen molar-refractivity contribution in [1.82, 2.24) is 5.32 Å². The fourth-order valence-corrected chi connectivity index (χ4v) is 1.85. The number of carbonyl (C=O) groups excluding carboxylic acids is 1. The summed E-state index contributed by atoms with van der Waals surface area (Å²) in [6.45, 7) is 6.81. The maximum atomic E-state index is 12.0. The minimum absolute atomic E-state index is 0.157. The number of hydrogen-bond donors (Lipinski definition) is 2. The van der Waals surface area contributed by atoms with Crippen LogP contribution >= 0.6 is 0 Å². The largest absolute Gasteiger partial charge is 0.469 e. The van der Waals surface area contributed by atoms with Crippen LogP contribution in [0.1, 0.15) is 35.5 Å². The van der Waals surface area contributed by atoms with Crippen LogP contribution in [0.4, 0.5) is 5.69 Å². The molecule has 1 aromatic carbocycles. The maximum Gasteiger partial charge on any atom is 0.258 e. The predicted octanol–water partition coefficient (Wildman–Crippen LogP) is 3.34. The molecule has 0 unspecified atom stereocenters. The molecule has 1 heterocycles. The Hall–Kier alpha value is -2.07. The average Bonchev–Trinajstić information content (AvgIpc) is 2.84. The SMILES string of the molecule is Cc1cc(C(=O)Nc2cccc(CNC(C)C)c2)co1. The van der Waals surface area contributed by atoms with Crippen molar-refractivity contribution in [2.24, 2.45) is 0 Å². The molecule has 1 amide bonds. The minimum atomic E-state index is -0.157. The smallest absolute Gasteiger partial charge is 0.258 e. The van der Waals surface area contributed by atoms with E-state index in [1.54, 1.807) is 6.07 Å². The van der Waals surface area contributed by atoms with Gasteiger partial charge in [0, 0.05) is 18.3 Å². The van der Waals surface area contributed by atoms with Gasteiger partial charge in [-0.05, 0) is 30.7 Å². The van der Waals surface area contributed by atoms with Gasteiger partial charge in [-0.3, -0.25) is 4.79 Å². The minimum Gasteiger partial charge on any atom is -0.469 e. The topological polar surface area (TPSA) is 54.3 Å². The van der Waals surface area contributed by atoms with Crippen molar-refractivity contribution in [2.75, 3.05) is 5.32 Å². The Kier molecular flexibility index (Phi) is 4.58. The normalized spacial score (nSPS) is 10.8. The molecule has 106 valence electrons. The molecule has 4 heteroatoms. The monoisotopic (exact) mass is 272 g/mol. The van der Waals surface area contributed by atoms with E-state index >= 15 is 0 Å². The van der Waals surface area contributed by atoms with Gasteiger partial charge in [-0.15, -0.1) is 0 Å². The molecule has 4 nitrogen and oxygen atoms in total. The Morgan fingerprint density at radius 3 is 2.75 bits per heavy atom. The van der Waals surface area contributed by atoms with Gasteiger partial charge in [0.05, 0.1) is 5.56 Å². The van der Waals surface area contributed by atoms with Crippen LogP contribution in [0.2, 0.25) is 0 Å². The standard InChI is InChI=1S/C16H20N2O2/c1-11(2)17-9-13-5-4-6-15(8-13)18-16(19)14-7-12(3)20-10-14/h4-8,10-11,17H,9H2,1-3H3,(H,18,19). The van der Waals surface area contributed by atoms with Gasteiger partial charge in [0.25, 0.3) is 5.91 Å². The van der Waals surface area contributed by atoms with E-state index in [4.69, 9.17) is 4.42 Å². The molecule has 20 heavy (non-hydrogen) atoms. The number of nitrogens with one attached hydrogen (secondary N) is 2. The van der Waals surface area contributed by atoms with Gasteiger partial charge < -0.3 is 15.1 Å². The molecule has 0 fully saturated rings. The van der Waals surface area contributed by atoms with Gasteiger partial charge in [0.1, 0.15) is 12.0 Å². The van der Waals surface area contributed by atoms with Crippen LogP contribution < -0.4 is 10.6 Å². The van der Waals surface area contributed by atoms with Crippen molar-refractivity contribution in [3.8, 4) is 0 Å². The van der Waals surface area contributed by atoms with E-state index in [0.29, 0.717) is 11.6 Å². The molecule has 1 aromatic heterocycles. The van der Waals surface area contributed by atoms with E-state index in [9.17, 15) is 4.79 Å². The number of anilines is 1. The lowest BCUT2D eigenvalue weighted by atomic mass is 10.2. The van der Waals surface area contributed by atoms with E-state index in [1.807, 2.05) is 31.2 Å². The first-order chi connectivity index (χ1) is 9.54. The lowest BCUT2D eigenvalue weighted by Crippen LogP contribution is -2.21. The van der Waals surface area contributed by atoms with Crippen molar-refractivity contribution in [1.29, 1.82) is 0 Å². The second kappa shape index (κ2) is 6.39. The van der Waals surface area contributed by atoms with Crippen LogP contribution in [-0.2, 0) is 6.54 Å². The Bertz CT molecular complexity index is 588. The van der Waals surface area contributed by atoms with Crippen molar-refractivity contribution >= 4 is 11.6 Å². The lowest BCUT2D eigenvalue weighted by molar-refractivity contribution is 0.102. The molecule has 0 atom stereocenters. The fourth-order valence-electron chi connectivity index (χ4n) is 1.85. The Balaban J connectivity index is 2.02. The van der Waals surface area contributed by atoms with Gasteiger partial charge in [-0.1, -0.05) is 26.0 Å².